The predicted octanol–water partition coefficient (Wildman–Crippen LogP) is 4.05. The van der Waals surface area contributed by atoms with E-state index in [2.05, 4.69) is 43.0 Å². The lowest BCUT2D eigenvalue weighted by atomic mass is 10.1. The highest BCUT2D eigenvalue weighted by Gasteiger charge is 2.01. The fraction of sp³-hybridized carbons (Fsp3) is 0.188. The summed E-state index contributed by atoms with van der Waals surface area (Å²) >= 11 is 1.79. The largest absolute Gasteiger partial charge is 0.463 e. The Morgan fingerprint density at radius 1 is 1.21 bits per heavy atom. The van der Waals surface area contributed by atoms with Gasteiger partial charge in [-0.2, -0.15) is 0 Å². The minimum Gasteiger partial charge on any atom is -0.463 e. The second-order valence-electron chi connectivity index (χ2n) is 4.05. The highest BCUT2D eigenvalue weighted by atomic mass is 32.2. The van der Waals surface area contributed by atoms with Gasteiger partial charge in [-0.25, -0.2) is 4.79 Å². The lowest BCUT2D eigenvalue weighted by Crippen LogP contribution is -2.02. The molecule has 0 atom stereocenters. The summed E-state index contributed by atoms with van der Waals surface area (Å²) < 4.78 is 4.95. The Morgan fingerprint density at radius 2 is 2.00 bits per heavy atom. The summed E-state index contributed by atoms with van der Waals surface area (Å²) in [6.45, 7) is 3.81. The van der Waals surface area contributed by atoms with Crippen LogP contribution in [0.15, 0.2) is 60.0 Å². The van der Waals surface area contributed by atoms with Crippen LogP contribution in [0.4, 0.5) is 0 Å². The number of ether oxygens (including phenoxy) is 1. The van der Waals surface area contributed by atoms with Crippen molar-refractivity contribution in [3.63, 3.8) is 0 Å². The molecule has 0 radical (unpaired) electrons. The molecule has 98 valence electrons. The maximum Gasteiger partial charge on any atom is 0.330 e. The number of hydrogen-bond acceptors (Lipinski definition) is 3. The van der Waals surface area contributed by atoms with Crippen molar-refractivity contribution in [1.29, 1.82) is 0 Å². The van der Waals surface area contributed by atoms with Crippen LogP contribution < -0.4 is 0 Å². The van der Waals surface area contributed by atoms with Crippen LogP contribution in [-0.2, 0) is 9.53 Å². The van der Waals surface area contributed by atoms with Gasteiger partial charge in [0.1, 0.15) is 0 Å². The van der Waals surface area contributed by atoms with Gasteiger partial charge in [0, 0.05) is 16.7 Å². The Hall–Kier alpha value is -1.74. The van der Waals surface area contributed by atoms with Crippen molar-refractivity contribution in [3.05, 3.63) is 55.1 Å². The molecule has 0 unspecified atom stereocenters. The summed E-state index contributed by atoms with van der Waals surface area (Å²) in [5, 5.41) is 2.53. The normalized spacial score (nSPS) is 10.3. The van der Waals surface area contributed by atoms with Gasteiger partial charge < -0.3 is 4.74 Å². The zero-order valence-corrected chi connectivity index (χ0v) is 11.5. The van der Waals surface area contributed by atoms with Crippen LogP contribution in [0.5, 0.6) is 0 Å². The van der Waals surface area contributed by atoms with Gasteiger partial charge in [0.2, 0.25) is 0 Å². The summed E-state index contributed by atoms with van der Waals surface area (Å²) in [7, 11) is 0. The van der Waals surface area contributed by atoms with Crippen LogP contribution in [0.25, 0.3) is 10.8 Å². The van der Waals surface area contributed by atoms with Crippen molar-refractivity contribution in [3.8, 4) is 0 Å². The molecule has 0 aliphatic heterocycles. The molecule has 2 aromatic carbocycles. The van der Waals surface area contributed by atoms with E-state index in [-0.39, 0.29) is 5.97 Å². The zero-order chi connectivity index (χ0) is 13.5. The third-order valence-electron chi connectivity index (χ3n) is 2.71. The number of carbonyl (C=O) groups is 1. The van der Waals surface area contributed by atoms with Crippen LogP contribution in [-0.4, -0.2) is 18.3 Å². The number of carbonyl (C=O) groups excluding carboxylic acids is 1. The van der Waals surface area contributed by atoms with Crippen LogP contribution in [0.1, 0.15) is 6.42 Å². The van der Waals surface area contributed by atoms with Gasteiger partial charge in [-0.3, -0.25) is 0 Å². The topological polar surface area (TPSA) is 26.3 Å². The number of thioether (sulfide) groups is 1. The van der Waals surface area contributed by atoms with E-state index in [1.54, 1.807) is 11.8 Å². The maximum atomic E-state index is 10.9. The van der Waals surface area contributed by atoms with Gasteiger partial charge in [0.15, 0.2) is 0 Å². The van der Waals surface area contributed by atoms with Gasteiger partial charge in [-0.1, -0.05) is 43.0 Å². The van der Waals surface area contributed by atoms with Crippen molar-refractivity contribution in [2.75, 3.05) is 12.4 Å². The van der Waals surface area contributed by atoms with Gasteiger partial charge in [-0.05, 0) is 23.3 Å². The first-order valence-corrected chi connectivity index (χ1v) is 7.19. The van der Waals surface area contributed by atoms with Crippen molar-refractivity contribution < 1.29 is 9.53 Å². The third kappa shape index (κ3) is 3.86. The van der Waals surface area contributed by atoms with E-state index in [9.17, 15) is 4.79 Å². The first kappa shape index (κ1) is 13.7. The Kier molecular flexibility index (Phi) is 5.04. The molecule has 19 heavy (non-hydrogen) atoms. The van der Waals surface area contributed by atoms with Gasteiger partial charge in [0.05, 0.1) is 6.61 Å². The molecule has 3 heteroatoms. The summed E-state index contributed by atoms with van der Waals surface area (Å²) in [6, 6.07) is 14.7. The summed E-state index contributed by atoms with van der Waals surface area (Å²) in [5.41, 5.74) is 0. The average molecular weight is 272 g/mol. The molecule has 0 saturated carbocycles. The molecular formula is C16H16O2S. The first-order chi connectivity index (χ1) is 9.31. The molecule has 0 spiro atoms. The minimum absolute atomic E-state index is 0.352. The molecule has 0 heterocycles. The highest BCUT2D eigenvalue weighted by molar-refractivity contribution is 7.99. The number of esters is 1. The lowest BCUT2D eigenvalue weighted by molar-refractivity contribution is -0.137. The fourth-order valence-corrected chi connectivity index (χ4v) is 2.79. The van der Waals surface area contributed by atoms with E-state index >= 15 is 0 Å². The third-order valence-corrected chi connectivity index (χ3v) is 3.87. The minimum atomic E-state index is -0.352. The molecule has 2 rings (SSSR count). The Labute approximate surface area is 117 Å². The lowest BCUT2D eigenvalue weighted by Gasteiger charge is -2.06. The molecule has 2 aromatic rings. The molecule has 0 aliphatic carbocycles. The quantitative estimate of drug-likeness (QED) is 0.343. The molecule has 0 N–H and O–H groups in total. The Bertz CT molecular complexity index is 572. The summed E-state index contributed by atoms with van der Waals surface area (Å²) in [6.07, 6.45) is 2.03. The second-order valence-corrected chi connectivity index (χ2v) is 5.19. The fourth-order valence-electron chi connectivity index (χ4n) is 1.79. The van der Waals surface area contributed by atoms with Crippen LogP contribution in [0.3, 0.4) is 0 Å². The molecule has 0 amide bonds. The Balaban J connectivity index is 1.88. The van der Waals surface area contributed by atoms with E-state index in [0.29, 0.717) is 6.61 Å². The van der Waals surface area contributed by atoms with Crippen LogP contribution in [0.2, 0.25) is 0 Å². The standard InChI is InChI=1S/C16H16O2S/c1-2-16(17)18-11-6-12-19-15-10-5-8-13-7-3-4-9-14(13)15/h2-5,7-10H,1,6,11-12H2. The van der Waals surface area contributed by atoms with E-state index < -0.39 is 0 Å². The van der Waals surface area contributed by atoms with Gasteiger partial charge in [0.25, 0.3) is 0 Å². The monoisotopic (exact) mass is 272 g/mol. The number of benzene rings is 2. The number of fused-ring (bicyclic) bond motifs is 1. The molecule has 2 nitrogen and oxygen atoms in total. The van der Waals surface area contributed by atoms with Crippen molar-refractivity contribution in [1.82, 2.24) is 0 Å². The van der Waals surface area contributed by atoms with Gasteiger partial charge >= 0.3 is 5.97 Å². The zero-order valence-electron chi connectivity index (χ0n) is 10.7. The van der Waals surface area contributed by atoms with E-state index in [4.69, 9.17) is 4.74 Å². The van der Waals surface area contributed by atoms with Crippen molar-refractivity contribution in [2.45, 2.75) is 11.3 Å². The smallest absolute Gasteiger partial charge is 0.330 e. The van der Waals surface area contributed by atoms with E-state index in [1.807, 2.05) is 6.07 Å². The molecule has 0 fully saturated rings. The highest BCUT2D eigenvalue weighted by Crippen LogP contribution is 2.27. The van der Waals surface area contributed by atoms with Crippen molar-refractivity contribution >= 4 is 28.5 Å². The van der Waals surface area contributed by atoms with Gasteiger partial charge in [-0.15, -0.1) is 11.8 Å². The summed E-state index contributed by atoms with van der Waals surface area (Å²) in [5.74, 6) is 0.577. The first-order valence-electron chi connectivity index (χ1n) is 6.21. The van der Waals surface area contributed by atoms with Crippen molar-refractivity contribution in [2.24, 2.45) is 0 Å². The molecular weight excluding hydrogens is 256 g/mol. The number of rotatable bonds is 6. The van der Waals surface area contributed by atoms with Crippen LogP contribution >= 0.6 is 11.8 Å². The predicted molar refractivity (Wildman–Crippen MR) is 80.4 cm³/mol. The number of hydrogen-bond donors (Lipinski definition) is 0. The Morgan fingerprint density at radius 3 is 2.84 bits per heavy atom. The van der Waals surface area contributed by atoms with E-state index in [1.165, 1.54) is 21.7 Å². The molecule has 0 aromatic heterocycles. The SMILES string of the molecule is C=CC(=O)OCCCSc1cccc2ccccc12. The molecule has 0 saturated heterocycles. The maximum absolute atomic E-state index is 10.9. The van der Waals surface area contributed by atoms with E-state index in [0.717, 1.165) is 12.2 Å². The average Bonchev–Trinajstić information content (AvgIpc) is 2.46. The molecule has 0 aliphatic rings. The second kappa shape index (κ2) is 7.00. The molecule has 0 bridgehead atoms. The van der Waals surface area contributed by atoms with Crippen LogP contribution in [0, 0.1) is 0 Å². The summed E-state index contributed by atoms with van der Waals surface area (Å²) in [4.78, 5) is 12.1.